The van der Waals surface area contributed by atoms with Crippen molar-refractivity contribution >= 4 is 39.1 Å². The van der Waals surface area contributed by atoms with Crippen molar-refractivity contribution in [3.63, 3.8) is 0 Å². The highest BCUT2D eigenvalue weighted by atomic mass is 79.9. The number of benzene rings is 1. The summed E-state index contributed by atoms with van der Waals surface area (Å²) in [5.41, 5.74) is 2.21. The van der Waals surface area contributed by atoms with Crippen molar-refractivity contribution in [1.82, 2.24) is 10.3 Å². The molecule has 2 rings (SSSR count). The van der Waals surface area contributed by atoms with E-state index < -0.39 is 0 Å². The van der Waals surface area contributed by atoms with Crippen LogP contribution in [-0.4, -0.2) is 16.6 Å². The number of hydrogen-bond acceptors (Lipinski definition) is 2. The van der Waals surface area contributed by atoms with Crippen LogP contribution in [0.1, 0.15) is 17.5 Å². The van der Waals surface area contributed by atoms with E-state index in [1.165, 1.54) is 12.1 Å². The quantitative estimate of drug-likeness (QED) is 0.600. The van der Waals surface area contributed by atoms with Crippen LogP contribution in [0.15, 0.2) is 41.0 Å². The molecule has 2 aromatic rings. The van der Waals surface area contributed by atoms with Gasteiger partial charge in [-0.15, -0.1) is 0 Å². The lowest BCUT2D eigenvalue weighted by Crippen LogP contribution is -2.29. The normalized spacial score (nSPS) is 10.3. The zero-order valence-corrected chi connectivity index (χ0v) is 14.6. The Balaban J connectivity index is 1.71. The van der Waals surface area contributed by atoms with E-state index in [-0.39, 0.29) is 5.82 Å². The van der Waals surface area contributed by atoms with Gasteiger partial charge in [0.15, 0.2) is 5.11 Å². The molecule has 0 radical (unpaired) electrons. The second-order valence-electron chi connectivity index (χ2n) is 4.93. The maximum atomic E-state index is 12.8. The van der Waals surface area contributed by atoms with Crippen LogP contribution in [0.25, 0.3) is 0 Å². The van der Waals surface area contributed by atoms with Gasteiger partial charge in [0.1, 0.15) is 11.6 Å². The number of halogens is 2. The highest BCUT2D eigenvalue weighted by molar-refractivity contribution is 9.10. The zero-order chi connectivity index (χ0) is 15.9. The first-order chi connectivity index (χ1) is 10.5. The zero-order valence-electron chi connectivity index (χ0n) is 12.2. The summed E-state index contributed by atoms with van der Waals surface area (Å²) in [5, 5.41) is 6.75. The Labute approximate surface area is 143 Å². The fraction of sp³-hybridized carbons (Fsp3) is 0.250. The number of aryl methyl sites for hydroxylation is 2. The van der Waals surface area contributed by atoms with Gasteiger partial charge in [-0.05, 0) is 77.2 Å². The minimum Gasteiger partial charge on any atom is -0.362 e. The van der Waals surface area contributed by atoms with E-state index in [2.05, 4.69) is 31.5 Å². The molecular formula is C16H17BrFN3S. The first-order valence-electron chi connectivity index (χ1n) is 6.96. The molecule has 0 amide bonds. The summed E-state index contributed by atoms with van der Waals surface area (Å²) in [7, 11) is 0. The van der Waals surface area contributed by atoms with Crippen molar-refractivity contribution in [2.24, 2.45) is 0 Å². The van der Waals surface area contributed by atoms with E-state index >= 15 is 0 Å². The highest BCUT2D eigenvalue weighted by Crippen LogP contribution is 2.17. The molecule has 0 spiro atoms. The van der Waals surface area contributed by atoms with Crippen molar-refractivity contribution in [3.8, 4) is 0 Å². The van der Waals surface area contributed by atoms with Crippen molar-refractivity contribution < 1.29 is 4.39 Å². The van der Waals surface area contributed by atoms with Gasteiger partial charge in [-0.3, -0.25) is 0 Å². The fourth-order valence-electron chi connectivity index (χ4n) is 1.91. The van der Waals surface area contributed by atoms with Gasteiger partial charge < -0.3 is 10.6 Å². The lowest BCUT2D eigenvalue weighted by atomic mass is 10.1. The molecule has 0 fully saturated rings. The van der Waals surface area contributed by atoms with Crippen molar-refractivity contribution in [2.75, 3.05) is 11.9 Å². The van der Waals surface area contributed by atoms with Crippen LogP contribution in [0.4, 0.5) is 10.2 Å². The highest BCUT2D eigenvalue weighted by Gasteiger charge is 2.01. The topological polar surface area (TPSA) is 37.0 Å². The summed E-state index contributed by atoms with van der Waals surface area (Å²) >= 11 is 8.65. The summed E-state index contributed by atoms with van der Waals surface area (Å²) in [6, 6.07) is 8.50. The van der Waals surface area contributed by atoms with Gasteiger partial charge >= 0.3 is 0 Å². The molecule has 116 valence electrons. The van der Waals surface area contributed by atoms with Gasteiger partial charge in [0, 0.05) is 17.2 Å². The predicted molar refractivity (Wildman–Crippen MR) is 95.6 cm³/mol. The molecule has 0 aliphatic heterocycles. The number of nitrogens with zero attached hydrogens (tertiary/aromatic N) is 1. The molecule has 0 saturated heterocycles. The third kappa shape index (κ3) is 5.35. The van der Waals surface area contributed by atoms with Crippen molar-refractivity contribution in [3.05, 3.63) is 57.9 Å². The summed E-state index contributed by atoms with van der Waals surface area (Å²) in [6.45, 7) is 2.74. The minimum atomic E-state index is -0.204. The van der Waals surface area contributed by atoms with E-state index in [1.807, 2.05) is 13.0 Å². The Kier molecular flexibility index (Phi) is 6.27. The number of rotatable bonds is 5. The van der Waals surface area contributed by atoms with Crippen LogP contribution >= 0.6 is 28.1 Å². The lowest BCUT2D eigenvalue weighted by molar-refractivity contribution is 0.626. The Morgan fingerprint density at radius 1 is 1.32 bits per heavy atom. The van der Waals surface area contributed by atoms with Crippen LogP contribution in [0.2, 0.25) is 0 Å². The molecule has 0 unspecified atom stereocenters. The van der Waals surface area contributed by atoms with Crippen LogP contribution in [0, 0.1) is 12.7 Å². The molecule has 0 atom stereocenters. The second-order valence-corrected chi connectivity index (χ2v) is 6.19. The Morgan fingerprint density at radius 2 is 2.05 bits per heavy atom. The molecule has 6 heteroatoms. The number of pyridine rings is 1. The molecule has 0 aliphatic rings. The van der Waals surface area contributed by atoms with E-state index in [0.717, 1.165) is 40.8 Å². The number of nitrogens with one attached hydrogen (secondary N) is 2. The van der Waals surface area contributed by atoms with Crippen LogP contribution in [0.3, 0.4) is 0 Å². The van der Waals surface area contributed by atoms with Gasteiger partial charge in [0.05, 0.1) is 0 Å². The third-order valence-corrected chi connectivity index (χ3v) is 4.21. The summed E-state index contributed by atoms with van der Waals surface area (Å²) < 4.78 is 13.8. The molecular weight excluding hydrogens is 365 g/mol. The molecule has 1 heterocycles. The van der Waals surface area contributed by atoms with Gasteiger partial charge in [-0.1, -0.05) is 12.1 Å². The first kappa shape index (κ1) is 16.8. The molecule has 1 aromatic heterocycles. The predicted octanol–water partition coefficient (Wildman–Crippen LogP) is 4.21. The van der Waals surface area contributed by atoms with E-state index in [0.29, 0.717) is 5.11 Å². The maximum Gasteiger partial charge on any atom is 0.171 e. The average Bonchev–Trinajstić information content (AvgIpc) is 2.49. The lowest BCUT2D eigenvalue weighted by Gasteiger charge is -2.10. The Hall–Kier alpha value is -1.53. The number of hydrogen-bond donors (Lipinski definition) is 2. The summed E-state index contributed by atoms with van der Waals surface area (Å²) in [4.78, 5) is 4.24. The number of anilines is 1. The van der Waals surface area contributed by atoms with Crippen molar-refractivity contribution in [2.45, 2.75) is 19.8 Å². The SMILES string of the molecule is Cc1cc(NC(=S)NCCCc2ccc(F)cc2)ncc1Br. The minimum absolute atomic E-state index is 0.204. The largest absolute Gasteiger partial charge is 0.362 e. The molecule has 2 N–H and O–H groups in total. The standard InChI is InChI=1S/C16H17BrFN3S/c1-11-9-15(20-10-14(11)17)21-16(22)19-8-2-3-12-4-6-13(18)7-5-12/h4-7,9-10H,2-3,8H2,1H3,(H2,19,20,21,22). The molecule has 1 aromatic carbocycles. The average molecular weight is 382 g/mol. The first-order valence-corrected chi connectivity index (χ1v) is 8.16. The molecule has 3 nitrogen and oxygen atoms in total. The van der Waals surface area contributed by atoms with Gasteiger partial charge in [0.25, 0.3) is 0 Å². The number of thiocarbonyl (C=S) groups is 1. The van der Waals surface area contributed by atoms with Gasteiger partial charge in [-0.2, -0.15) is 0 Å². The van der Waals surface area contributed by atoms with Gasteiger partial charge in [-0.25, -0.2) is 9.37 Å². The van der Waals surface area contributed by atoms with E-state index in [4.69, 9.17) is 12.2 Å². The monoisotopic (exact) mass is 381 g/mol. The van der Waals surface area contributed by atoms with Crippen LogP contribution < -0.4 is 10.6 Å². The summed E-state index contributed by atoms with van der Waals surface area (Å²) in [6.07, 6.45) is 3.54. The fourth-order valence-corrected chi connectivity index (χ4v) is 2.34. The molecule has 0 aliphatic carbocycles. The van der Waals surface area contributed by atoms with Crippen LogP contribution in [0.5, 0.6) is 0 Å². The smallest absolute Gasteiger partial charge is 0.171 e. The Bertz CT molecular complexity index is 646. The van der Waals surface area contributed by atoms with E-state index in [9.17, 15) is 4.39 Å². The molecule has 22 heavy (non-hydrogen) atoms. The third-order valence-electron chi connectivity index (χ3n) is 3.13. The number of aromatic nitrogens is 1. The molecule has 0 saturated carbocycles. The Morgan fingerprint density at radius 3 is 2.73 bits per heavy atom. The van der Waals surface area contributed by atoms with Crippen molar-refractivity contribution in [1.29, 1.82) is 0 Å². The second kappa shape index (κ2) is 8.19. The summed E-state index contributed by atoms with van der Waals surface area (Å²) in [5.74, 6) is 0.515. The molecule has 0 bridgehead atoms. The van der Waals surface area contributed by atoms with E-state index in [1.54, 1.807) is 18.3 Å². The van der Waals surface area contributed by atoms with Crippen LogP contribution in [-0.2, 0) is 6.42 Å². The van der Waals surface area contributed by atoms with Gasteiger partial charge in [0.2, 0.25) is 0 Å². The maximum absolute atomic E-state index is 12.8.